The van der Waals surface area contributed by atoms with Crippen LogP contribution in [0.3, 0.4) is 0 Å². The average Bonchev–Trinajstić information content (AvgIpc) is 2.97. The molecule has 1 atom stereocenters. The summed E-state index contributed by atoms with van der Waals surface area (Å²) >= 11 is 0. The minimum Gasteiger partial charge on any atom is -0.492 e. The van der Waals surface area contributed by atoms with Gasteiger partial charge < -0.3 is 25.2 Å². The van der Waals surface area contributed by atoms with Crippen LogP contribution in [0.15, 0.2) is 109 Å². The zero-order valence-corrected chi connectivity index (χ0v) is 21.4. The van der Waals surface area contributed by atoms with Crippen LogP contribution < -0.4 is 20.1 Å². The molecule has 0 aliphatic rings. The zero-order chi connectivity index (χ0) is 26.4. The molecule has 4 aromatic carbocycles. The van der Waals surface area contributed by atoms with Crippen molar-refractivity contribution >= 4 is 5.91 Å². The van der Waals surface area contributed by atoms with E-state index in [1.807, 2.05) is 109 Å². The number of hydrogen-bond acceptors (Lipinski definition) is 5. The summed E-state index contributed by atoms with van der Waals surface area (Å²) in [6, 6.07) is 34.9. The van der Waals surface area contributed by atoms with Crippen molar-refractivity contribution in [1.29, 1.82) is 0 Å². The van der Waals surface area contributed by atoms with E-state index in [1.54, 1.807) is 0 Å². The molecule has 4 aromatic rings. The molecule has 0 fully saturated rings. The molecule has 0 saturated heterocycles. The highest BCUT2D eigenvalue weighted by atomic mass is 16.5. The first-order valence-corrected chi connectivity index (χ1v) is 12.8. The molecule has 1 amide bonds. The summed E-state index contributed by atoms with van der Waals surface area (Å²) in [6.07, 6.45) is -0.294. The van der Waals surface area contributed by atoms with Gasteiger partial charge in [-0.05, 0) is 46.5 Å². The molecule has 0 aliphatic carbocycles. The Hall–Kier alpha value is -4.13. The fourth-order valence-corrected chi connectivity index (χ4v) is 3.87. The summed E-state index contributed by atoms with van der Waals surface area (Å²) in [5.74, 6) is 1.50. The molecule has 4 rings (SSSR count). The van der Waals surface area contributed by atoms with Gasteiger partial charge in [0.1, 0.15) is 24.7 Å². The highest BCUT2D eigenvalue weighted by Crippen LogP contribution is 2.18. The maximum absolute atomic E-state index is 12.2. The third-order valence-corrected chi connectivity index (χ3v) is 6.02. The lowest BCUT2D eigenvalue weighted by Gasteiger charge is -2.14. The van der Waals surface area contributed by atoms with Crippen molar-refractivity contribution in [3.8, 4) is 11.5 Å². The summed E-state index contributed by atoms with van der Waals surface area (Å²) in [6.45, 7) is 2.52. The Morgan fingerprint density at radius 2 is 1.32 bits per heavy atom. The number of benzene rings is 4. The maximum Gasteiger partial charge on any atom is 0.224 e. The summed E-state index contributed by atoms with van der Waals surface area (Å²) < 4.78 is 11.6. The van der Waals surface area contributed by atoms with E-state index in [4.69, 9.17) is 9.47 Å². The average molecular weight is 511 g/mol. The molecule has 1 unspecified atom stereocenters. The number of aliphatic hydroxyl groups excluding tert-OH is 1. The molecule has 0 aromatic heterocycles. The molecule has 0 aliphatic heterocycles. The third-order valence-electron chi connectivity index (χ3n) is 6.02. The van der Waals surface area contributed by atoms with Gasteiger partial charge in [0, 0.05) is 19.6 Å². The Balaban J connectivity index is 1.09. The molecule has 3 N–H and O–H groups in total. The lowest BCUT2D eigenvalue weighted by molar-refractivity contribution is -0.120. The lowest BCUT2D eigenvalue weighted by Crippen LogP contribution is -2.26. The molecule has 196 valence electrons. The Morgan fingerprint density at radius 3 is 2.00 bits per heavy atom. The van der Waals surface area contributed by atoms with Crippen molar-refractivity contribution in [2.75, 3.05) is 19.7 Å². The number of amides is 1. The van der Waals surface area contributed by atoms with E-state index in [1.165, 1.54) is 0 Å². The quantitative estimate of drug-likeness (QED) is 0.212. The molecule has 0 saturated carbocycles. The molecule has 6 nitrogen and oxygen atoms in total. The Morgan fingerprint density at radius 1 is 0.711 bits per heavy atom. The van der Waals surface area contributed by atoms with Crippen molar-refractivity contribution in [2.24, 2.45) is 0 Å². The Bertz CT molecular complexity index is 1230. The summed E-state index contributed by atoms with van der Waals surface area (Å²) in [7, 11) is 0. The standard InChI is InChI=1S/C32H34N2O4/c35-31(28-13-17-30(18-14-28)38-24-27-9-5-2-6-10-27)23-33-19-20-37-29-15-11-25(12-16-29)21-32(36)34-22-26-7-3-1-4-8-26/h1-18,31,33,35H,19-24H2,(H,34,36). The summed E-state index contributed by atoms with van der Waals surface area (Å²) in [5, 5.41) is 16.6. The van der Waals surface area contributed by atoms with Crippen LogP contribution in [-0.4, -0.2) is 30.7 Å². The highest BCUT2D eigenvalue weighted by molar-refractivity contribution is 5.78. The number of nitrogens with one attached hydrogen (secondary N) is 2. The van der Waals surface area contributed by atoms with Crippen molar-refractivity contribution in [1.82, 2.24) is 10.6 Å². The SMILES string of the molecule is O=C(Cc1ccc(OCCNCC(O)c2ccc(OCc3ccccc3)cc2)cc1)NCc1ccccc1. The van der Waals surface area contributed by atoms with Crippen LogP contribution in [0, 0.1) is 0 Å². The van der Waals surface area contributed by atoms with Gasteiger partial charge in [0.05, 0.1) is 12.5 Å². The monoisotopic (exact) mass is 510 g/mol. The summed E-state index contributed by atoms with van der Waals surface area (Å²) in [5.41, 5.74) is 3.95. The Kier molecular flexibility index (Phi) is 10.3. The first kappa shape index (κ1) is 26.9. The molecule has 38 heavy (non-hydrogen) atoms. The van der Waals surface area contributed by atoms with Gasteiger partial charge in [0.2, 0.25) is 5.91 Å². The maximum atomic E-state index is 12.2. The number of rotatable bonds is 14. The second-order valence-electron chi connectivity index (χ2n) is 8.99. The minimum absolute atomic E-state index is 0.0142. The number of hydrogen-bond donors (Lipinski definition) is 3. The molecule has 0 bridgehead atoms. The predicted molar refractivity (Wildman–Crippen MR) is 149 cm³/mol. The zero-order valence-electron chi connectivity index (χ0n) is 21.4. The second kappa shape index (κ2) is 14.6. The van der Waals surface area contributed by atoms with E-state index in [0.717, 1.165) is 33.8 Å². The molecule has 6 heteroatoms. The van der Waals surface area contributed by atoms with Crippen LogP contribution in [0.5, 0.6) is 11.5 Å². The van der Waals surface area contributed by atoms with E-state index in [0.29, 0.717) is 39.3 Å². The molecule has 0 radical (unpaired) electrons. The first-order valence-electron chi connectivity index (χ1n) is 12.8. The van der Waals surface area contributed by atoms with Crippen LogP contribution >= 0.6 is 0 Å². The van der Waals surface area contributed by atoms with E-state index < -0.39 is 6.10 Å². The second-order valence-corrected chi connectivity index (χ2v) is 8.99. The van der Waals surface area contributed by atoms with Crippen LogP contribution in [-0.2, 0) is 24.4 Å². The van der Waals surface area contributed by atoms with Crippen molar-refractivity contribution in [3.05, 3.63) is 131 Å². The largest absolute Gasteiger partial charge is 0.492 e. The van der Waals surface area contributed by atoms with E-state index >= 15 is 0 Å². The van der Waals surface area contributed by atoms with Gasteiger partial charge in [0.15, 0.2) is 0 Å². The van der Waals surface area contributed by atoms with Gasteiger partial charge >= 0.3 is 0 Å². The van der Waals surface area contributed by atoms with Crippen LogP contribution in [0.2, 0.25) is 0 Å². The number of carbonyl (C=O) groups is 1. The number of carbonyl (C=O) groups excluding carboxylic acids is 1. The van der Waals surface area contributed by atoms with Gasteiger partial charge in [0.25, 0.3) is 0 Å². The minimum atomic E-state index is -0.620. The van der Waals surface area contributed by atoms with E-state index in [-0.39, 0.29) is 5.91 Å². The first-order chi connectivity index (χ1) is 18.7. The lowest BCUT2D eigenvalue weighted by atomic mass is 10.1. The molecular weight excluding hydrogens is 476 g/mol. The van der Waals surface area contributed by atoms with Gasteiger partial charge in [-0.1, -0.05) is 84.9 Å². The molecule has 0 heterocycles. The topological polar surface area (TPSA) is 79.8 Å². The van der Waals surface area contributed by atoms with Crippen molar-refractivity contribution in [2.45, 2.75) is 25.7 Å². The Labute approximate surface area is 224 Å². The molecule has 0 spiro atoms. The van der Waals surface area contributed by atoms with Crippen molar-refractivity contribution < 1.29 is 19.4 Å². The van der Waals surface area contributed by atoms with Gasteiger partial charge in [-0.3, -0.25) is 4.79 Å². The third kappa shape index (κ3) is 9.07. The number of ether oxygens (including phenoxy) is 2. The fourth-order valence-electron chi connectivity index (χ4n) is 3.87. The predicted octanol–water partition coefficient (Wildman–Crippen LogP) is 4.83. The summed E-state index contributed by atoms with van der Waals surface area (Å²) in [4.78, 5) is 12.2. The normalized spacial score (nSPS) is 11.5. The van der Waals surface area contributed by atoms with Crippen molar-refractivity contribution in [3.63, 3.8) is 0 Å². The van der Waals surface area contributed by atoms with Crippen LogP contribution in [0.4, 0.5) is 0 Å². The van der Waals surface area contributed by atoms with E-state index in [2.05, 4.69) is 10.6 Å². The molecular formula is C32H34N2O4. The van der Waals surface area contributed by atoms with Gasteiger partial charge in [-0.25, -0.2) is 0 Å². The van der Waals surface area contributed by atoms with E-state index in [9.17, 15) is 9.90 Å². The van der Waals surface area contributed by atoms with Crippen LogP contribution in [0.1, 0.15) is 28.4 Å². The number of aliphatic hydroxyl groups is 1. The smallest absolute Gasteiger partial charge is 0.224 e. The highest BCUT2D eigenvalue weighted by Gasteiger charge is 2.08. The fraction of sp³-hybridized carbons (Fsp3) is 0.219. The van der Waals surface area contributed by atoms with Gasteiger partial charge in [-0.15, -0.1) is 0 Å². The van der Waals surface area contributed by atoms with Gasteiger partial charge in [-0.2, -0.15) is 0 Å². The van der Waals surface area contributed by atoms with Crippen LogP contribution in [0.25, 0.3) is 0 Å².